The number of rotatable bonds is 8. The number of aromatic nitrogens is 5. The van der Waals surface area contributed by atoms with Gasteiger partial charge in [0.05, 0.1) is 29.6 Å². The topological polar surface area (TPSA) is 89.7 Å². The third kappa shape index (κ3) is 5.89. The van der Waals surface area contributed by atoms with Gasteiger partial charge in [0.2, 0.25) is 0 Å². The highest BCUT2D eigenvalue weighted by Gasteiger charge is 2.38. The fourth-order valence-electron chi connectivity index (χ4n) is 5.46. The molecule has 2 aromatic carbocycles. The van der Waals surface area contributed by atoms with Crippen LogP contribution < -0.4 is 10.6 Å². The SMILES string of the molecule is CNCCc1ccc(-c2cc(C(F)(F)F)c3cn(C(C(=O)Nc4nccs4)c4ncn5c4C[C@@H](F)C5)nc3c2C)cc1.Cl. The summed E-state index contributed by atoms with van der Waals surface area (Å²) in [6.07, 6.45) is -0.800. The lowest BCUT2D eigenvalue weighted by atomic mass is 9.94. The minimum atomic E-state index is -4.68. The second-order valence-corrected chi connectivity index (χ2v) is 11.2. The lowest BCUT2D eigenvalue weighted by Gasteiger charge is -2.16. The fraction of sp³-hybridized carbons (Fsp3) is 0.310. The van der Waals surface area contributed by atoms with E-state index in [1.165, 1.54) is 34.7 Å². The molecule has 0 fully saturated rings. The van der Waals surface area contributed by atoms with Crippen LogP contribution in [0.2, 0.25) is 0 Å². The Morgan fingerprint density at radius 3 is 2.65 bits per heavy atom. The molecule has 2 N–H and O–H groups in total. The lowest BCUT2D eigenvalue weighted by Crippen LogP contribution is -2.28. The van der Waals surface area contributed by atoms with E-state index in [0.29, 0.717) is 27.5 Å². The third-order valence-electron chi connectivity index (χ3n) is 7.53. The number of hydrogen-bond acceptors (Lipinski definition) is 6. The van der Waals surface area contributed by atoms with Gasteiger partial charge in [0, 0.05) is 35.3 Å². The van der Waals surface area contributed by atoms with E-state index in [4.69, 9.17) is 0 Å². The summed E-state index contributed by atoms with van der Waals surface area (Å²) in [5.41, 5.74) is 2.62. The van der Waals surface area contributed by atoms with Gasteiger partial charge >= 0.3 is 6.18 Å². The largest absolute Gasteiger partial charge is 0.417 e. The molecule has 6 rings (SSSR count). The minimum Gasteiger partial charge on any atom is -0.331 e. The number of fused-ring (bicyclic) bond motifs is 2. The van der Waals surface area contributed by atoms with Gasteiger partial charge in [0.15, 0.2) is 11.2 Å². The molecule has 0 saturated heterocycles. The number of carbonyl (C=O) groups is 1. The maximum Gasteiger partial charge on any atom is 0.417 e. The molecule has 8 nitrogen and oxygen atoms in total. The third-order valence-corrected chi connectivity index (χ3v) is 8.22. The molecular formula is C29H28ClF4N7OS. The summed E-state index contributed by atoms with van der Waals surface area (Å²) in [6.45, 7) is 2.60. The van der Waals surface area contributed by atoms with Crippen molar-refractivity contribution in [1.82, 2.24) is 29.6 Å². The molecule has 2 atom stereocenters. The van der Waals surface area contributed by atoms with Crippen molar-refractivity contribution < 1.29 is 22.4 Å². The maximum absolute atomic E-state index is 14.5. The van der Waals surface area contributed by atoms with Gasteiger partial charge in [0.1, 0.15) is 6.17 Å². The number of likely N-dealkylation sites (N-methyl/N-ethyl adjacent to an activating group) is 1. The zero-order valence-electron chi connectivity index (χ0n) is 23.2. The molecule has 0 radical (unpaired) electrons. The molecule has 3 aromatic heterocycles. The standard InChI is InChI=1S/C29H27F4N7OS.ClH/c1-16-20(18-5-3-17(4-6-18)7-8-34-2)12-22(29(31,32)33)21-14-40(38-24(16)21)26(27(41)37-28-35-9-10-42-28)25-23-11-19(30)13-39(23)15-36-25;/h3-6,9-10,12,14-15,19,26,34H,7-8,11,13H2,1-2H3,(H,35,37,41);1H/t19-,26?;/m1./s1. The first kappa shape index (κ1) is 30.6. The van der Waals surface area contributed by atoms with Crippen molar-refractivity contribution in [3.8, 4) is 11.1 Å². The van der Waals surface area contributed by atoms with Gasteiger partial charge < -0.3 is 9.88 Å². The van der Waals surface area contributed by atoms with Crippen LogP contribution in [0.15, 0.2) is 54.4 Å². The number of aryl methyl sites for hydroxylation is 1. The van der Waals surface area contributed by atoms with Crippen molar-refractivity contribution in [2.75, 3.05) is 18.9 Å². The number of imidazole rings is 1. The van der Waals surface area contributed by atoms with Crippen LogP contribution in [0.25, 0.3) is 22.0 Å². The van der Waals surface area contributed by atoms with Crippen molar-refractivity contribution in [3.05, 3.63) is 82.5 Å². The quantitative estimate of drug-likeness (QED) is 0.205. The Labute approximate surface area is 254 Å². The molecule has 4 heterocycles. The zero-order chi connectivity index (χ0) is 29.6. The van der Waals surface area contributed by atoms with Crippen molar-refractivity contribution >= 4 is 45.7 Å². The van der Waals surface area contributed by atoms with Gasteiger partial charge in [-0.3, -0.25) is 14.8 Å². The first-order chi connectivity index (χ1) is 20.1. The normalized spacial score (nSPS) is 15.3. The van der Waals surface area contributed by atoms with Crippen LogP contribution in [0.5, 0.6) is 0 Å². The summed E-state index contributed by atoms with van der Waals surface area (Å²) in [7, 11) is 1.86. The number of thiazole rings is 1. The minimum absolute atomic E-state index is 0. The molecule has 226 valence electrons. The molecular weight excluding hydrogens is 606 g/mol. The Balaban J connectivity index is 0.00000368. The number of nitrogens with one attached hydrogen (secondary N) is 2. The second-order valence-electron chi connectivity index (χ2n) is 10.3. The number of benzene rings is 2. The van der Waals surface area contributed by atoms with E-state index in [1.807, 2.05) is 31.3 Å². The Bertz CT molecular complexity index is 1750. The number of alkyl halides is 4. The number of hydrogen-bond donors (Lipinski definition) is 2. The second kappa shape index (κ2) is 12.1. The molecule has 0 aliphatic carbocycles. The van der Waals surface area contributed by atoms with Gasteiger partial charge in [-0.2, -0.15) is 18.3 Å². The Morgan fingerprint density at radius 1 is 1.21 bits per heavy atom. The summed E-state index contributed by atoms with van der Waals surface area (Å²) < 4.78 is 60.6. The maximum atomic E-state index is 14.5. The van der Waals surface area contributed by atoms with E-state index in [9.17, 15) is 22.4 Å². The average molecular weight is 634 g/mol. The van der Waals surface area contributed by atoms with E-state index < -0.39 is 29.9 Å². The van der Waals surface area contributed by atoms with Crippen molar-refractivity contribution in [1.29, 1.82) is 0 Å². The number of nitrogens with zero attached hydrogens (tertiary/aromatic N) is 5. The molecule has 5 aromatic rings. The van der Waals surface area contributed by atoms with E-state index >= 15 is 0 Å². The van der Waals surface area contributed by atoms with Crippen molar-refractivity contribution in [2.45, 2.75) is 44.7 Å². The number of amides is 1. The molecule has 0 spiro atoms. The van der Waals surface area contributed by atoms with Crippen LogP contribution in [-0.4, -0.2) is 50.0 Å². The van der Waals surface area contributed by atoms with Crippen LogP contribution in [0.4, 0.5) is 22.7 Å². The summed E-state index contributed by atoms with van der Waals surface area (Å²) in [5, 5.41) is 12.2. The molecule has 1 aliphatic heterocycles. The lowest BCUT2D eigenvalue weighted by molar-refractivity contribution is -0.136. The molecule has 0 bridgehead atoms. The van der Waals surface area contributed by atoms with E-state index in [0.717, 1.165) is 24.6 Å². The van der Waals surface area contributed by atoms with Crippen LogP contribution in [0, 0.1) is 6.92 Å². The first-order valence-corrected chi connectivity index (χ1v) is 14.2. The molecule has 1 unspecified atom stereocenters. The van der Waals surface area contributed by atoms with Crippen LogP contribution in [-0.2, 0) is 30.4 Å². The van der Waals surface area contributed by atoms with E-state index in [1.54, 1.807) is 16.9 Å². The average Bonchev–Trinajstić information content (AvgIpc) is 3.74. The van der Waals surface area contributed by atoms with Crippen molar-refractivity contribution in [2.24, 2.45) is 0 Å². The highest BCUT2D eigenvalue weighted by Crippen LogP contribution is 2.41. The van der Waals surface area contributed by atoms with Gasteiger partial charge in [-0.15, -0.1) is 23.7 Å². The van der Waals surface area contributed by atoms with Gasteiger partial charge in [-0.1, -0.05) is 24.3 Å². The summed E-state index contributed by atoms with van der Waals surface area (Å²) >= 11 is 1.19. The number of anilines is 1. The molecule has 43 heavy (non-hydrogen) atoms. The van der Waals surface area contributed by atoms with Crippen LogP contribution in [0.1, 0.15) is 34.1 Å². The van der Waals surface area contributed by atoms with Gasteiger partial charge in [-0.05, 0) is 55.3 Å². The molecule has 1 amide bonds. The highest BCUT2D eigenvalue weighted by molar-refractivity contribution is 7.13. The first-order valence-electron chi connectivity index (χ1n) is 13.4. The molecule has 1 aliphatic rings. The fourth-order valence-corrected chi connectivity index (χ4v) is 5.99. The van der Waals surface area contributed by atoms with E-state index in [2.05, 4.69) is 25.7 Å². The zero-order valence-corrected chi connectivity index (χ0v) is 24.8. The predicted octanol–water partition coefficient (Wildman–Crippen LogP) is 5.99. The smallest absolute Gasteiger partial charge is 0.331 e. The summed E-state index contributed by atoms with van der Waals surface area (Å²) in [4.78, 5) is 22.1. The Kier molecular flexibility index (Phi) is 8.59. The van der Waals surface area contributed by atoms with Crippen LogP contribution in [0.3, 0.4) is 0 Å². The predicted molar refractivity (Wildman–Crippen MR) is 159 cm³/mol. The van der Waals surface area contributed by atoms with Gasteiger partial charge in [-0.25, -0.2) is 14.4 Å². The Morgan fingerprint density at radius 2 is 1.98 bits per heavy atom. The Hall–Kier alpha value is -3.81. The highest BCUT2D eigenvalue weighted by atomic mass is 35.5. The van der Waals surface area contributed by atoms with Crippen LogP contribution >= 0.6 is 23.7 Å². The number of halogens is 5. The summed E-state index contributed by atoms with van der Waals surface area (Å²) in [5.74, 6) is -0.592. The van der Waals surface area contributed by atoms with E-state index in [-0.39, 0.29) is 42.0 Å². The summed E-state index contributed by atoms with van der Waals surface area (Å²) in [6, 6.07) is 7.30. The molecule has 14 heteroatoms. The number of carbonyl (C=O) groups excluding carboxylic acids is 1. The monoisotopic (exact) mass is 633 g/mol. The molecule has 0 saturated carbocycles. The van der Waals surface area contributed by atoms with Gasteiger partial charge in [0.25, 0.3) is 5.91 Å². The van der Waals surface area contributed by atoms with Crippen molar-refractivity contribution in [3.63, 3.8) is 0 Å².